The Morgan fingerprint density at radius 1 is 0.600 bits per heavy atom. The number of hydrogen-bond donors (Lipinski definition) is 1. The van der Waals surface area contributed by atoms with Crippen LogP contribution >= 0.6 is 15.9 Å². The average molecular weight is 820 g/mol. The number of piperidine rings is 4. The second-order valence-electron chi connectivity index (χ2n) is 16.8. The van der Waals surface area contributed by atoms with Crippen LogP contribution in [0.5, 0.6) is 0 Å². The summed E-state index contributed by atoms with van der Waals surface area (Å²) in [5.74, 6) is 0. The Bertz CT molecular complexity index is 1780. The van der Waals surface area contributed by atoms with Crippen molar-refractivity contribution < 1.29 is 8.83 Å². The van der Waals surface area contributed by atoms with E-state index >= 15 is 0 Å². The molecule has 0 aromatic carbocycles. The van der Waals surface area contributed by atoms with Gasteiger partial charge in [-0.25, -0.2) is 9.97 Å². The van der Waals surface area contributed by atoms with Crippen LogP contribution in [-0.4, -0.2) is 119 Å². The second kappa shape index (κ2) is 18.5. The molecule has 10 heterocycles. The molecule has 10 rings (SSSR count). The van der Waals surface area contributed by atoms with Crippen molar-refractivity contribution in [3.05, 3.63) is 29.0 Å². The largest absolute Gasteiger partial charge is 0.422 e. The van der Waals surface area contributed by atoms with E-state index in [4.69, 9.17) is 8.83 Å². The van der Waals surface area contributed by atoms with Crippen molar-refractivity contribution in [3.8, 4) is 0 Å². The molecule has 6 aliphatic heterocycles. The van der Waals surface area contributed by atoms with Crippen LogP contribution in [0.4, 0.5) is 17.7 Å². The van der Waals surface area contributed by atoms with Crippen LogP contribution in [0.2, 0.25) is 0 Å². The third kappa shape index (κ3) is 9.76. The highest BCUT2D eigenvalue weighted by Gasteiger charge is 2.29. The molecule has 6 aliphatic rings. The Morgan fingerprint density at radius 3 is 1.62 bits per heavy atom. The average Bonchev–Trinajstić information content (AvgIpc) is 4.07. The van der Waals surface area contributed by atoms with Gasteiger partial charge in [0, 0.05) is 79.7 Å². The predicted octanol–water partition coefficient (Wildman–Crippen LogP) is 7.86. The maximum Gasteiger partial charge on any atom is 0.299 e. The van der Waals surface area contributed by atoms with Gasteiger partial charge >= 0.3 is 0 Å². The molecule has 0 saturated carbocycles. The Morgan fingerprint density at radius 2 is 1.15 bits per heavy atom. The van der Waals surface area contributed by atoms with E-state index in [2.05, 4.69) is 85.6 Å². The summed E-state index contributed by atoms with van der Waals surface area (Å²) in [6.45, 7) is 16.1. The van der Waals surface area contributed by atoms with Gasteiger partial charge < -0.3 is 38.7 Å². The fraction of sp³-hybridized carbons (Fsp3) is 0.714. The van der Waals surface area contributed by atoms with E-state index in [-0.39, 0.29) is 0 Å². The quantitative estimate of drug-likeness (QED) is 0.212. The van der Waals surface area contributed by atoms with Crippen LogP contribution in [0, 0.1) is 0 Å². The molecular weight excluding hydrogens is 756 g/mol. The highest BCUT2D eigenvalue weighted by atomic mass is 79.9. The number of nitrogens with one attached hydrogen (secondary N) is 1. The second-order valence-corrected chi connectivity index (χ2v) is 17.7. The van der Waals surface area contributed by atoms with Gasteiger partial charge in [-0.15, -0.1) is 0 Å². The van der Waals surface area contributed by atoms with Crippen LogP contribution in [0.15, 0.2) is 37.8 Å². The summed E-state index contributed by atoms with van der Waals surface area (Å²) >= 11 is 3.42. The fourth-order valence-corrected chi connectivity index (χ4v) is 9.91. The number of pyridine rings is 2. The Kier molecular flexibility index (Phi) is 13.1. The molecule has 0 amide bonds. The molecule has 4 aromatic heterocycles. The number of hydrogen-bond acceptors (Lipinski definition) is 12. The summed E-state index contributed by atoms with van der Waals surface area (Å²) in [6, 6.07) is 8.39. The summed E-state index contributed by atoms with van der Waals surface area (Å²) in [6.07, 6.45) is 22.1. The Labute approximate surface area is 335 Å². The van der Waals surface area contributed by atoms with Gasteiger partial charge in [-0.2, -0.15) is 9.97 Å². The lowest BCUT2D eigenvalue weighted by Gasteiger charge is -2.39. The summed E-state index contributed by atoms with van der Waals surface area (Å²) < 4.78 is 12.9. The minimum absolute atomic E-state index is 0.584. The molecule has 0 unspecified atom stereocenters. The van der Waals surface area contributed by atoms with E-state index in [1.807, 2.05) is 12.3 Å². The van der Waals surface area contributed by atoms with Gasteiger partial charge in [-0.1, -0.05) is 12.8 Å². The van der Waals surface area contributed by atoms with E-state index in [0.29, 0.717) is 11.7 Å². The molecule has 1 N–H and O–H groups in total. The Balaban J connectivity index is 0.000000137. The smallest absolute Gasteiger partial charge is 0.299 e. The van der Waals surface area contributed by atoms with Gasteiger partial charge in [-0.3, -0.25) is 0 Å². The van der Waals surface area contributed by atoms with Crippen LogP contribution < -0.4 is 20.0 Å². The molecule has 2 atom stereocenters. The minimum Gasteiger partial charge on any atom is -0.422 e. The summed E-state index contributed by atoms with van der Waals surface area (Å²) in [5, 5.41) is 3.32. The molecule has 6 fully saturated rings. The maximum absolute atomic E-state index is 6.14. The SMILES string of the molecule is Brc1cnc2nc(N3CCC(N4CCCCC4)CC3)oc2c1.C[C@@H]1CCCN1.C[C@@H]1CCCN1c1cnc2nc(N3CCC(N4CCCCC4)CC3)oc2c1. The number of rotatable bonds is 5. The van der Waals surface area contributed by atoms with Crippen molar-refractivity contribution >= 4 is 56.1 Å². The molecule has 0 aliphatic carbocycles. The molecule has 300 valence electrons. The lowest BCUT2D eigenvalue weighted by molar-refractivity contribution is 0.140. The van der Waals surface area contributed by atoms with Gasteiger partial charge in [0.1, 0.15) is 0 Å². The number of likely N-dealkylation sites (tertiary alicyclic amines) is 2. The Hall–Kier alpha value is -3.00. The number of oxazole rings is 2. The van der Waals surface area contributed by atoms with E-state index in [1.54, 1.807) is 6.20 Å². The van der Waals surface area contributed by atoms with E-state index in [9.17, 15) is 0 Å². The van der Waals surface area contributed by atoms with Gasteiger partial charge in [0.2, 0.25) is 11.3 Å². The predicted molar refractivity (Wildman–Crippen MR) is 225 cm³/mol. The maximum atomic E-state index is 6.14. The van der Waals surface area contributed by atoms with E-state index < -0.39 is 0 Å². The third-order valence-corrected chi connectivity index (χ3v) is 13.3. The molecule has 13 heteroatoms. The summed E-state index contributed by atoms with van der Waals surface area (Å²) in [4.78, 5) is 30.5. The first-order chi connectivity index (χ1) is 27.0. The zero-order valence-electron chi connectivity index (χ0n) is 33.3. The highest BCUT2D eigenvalue weighted by molar-refractivity contribution is 9.10. The summed E-state index contributed by atoms with van der Waals surface area (Å²) in [7, 11) is 0. The molecule has 4 aromatic rings. The van der Waals surface area contributed by atoms with Crippen LogP contribution in [0.3, 0.4) is 0 Å². The first-order valence-electron chi connectivity index (χ1n) is 21.6. The minimum atomic E-state index is 0.584. The van der Waals surface area contributed by atoms with Gasteiger partial charge in [-0.05, 0) is 140 Å². The molecule has 0 radical (unpaired) electrons. The van der Waals surface area contributed by atoms with Crippen LogP contribution in [0.25, 0.3) is 22.5 Å². The van der Waals surface area contributed by atoms with Crippen LogP contribution in [-0.2, 0) is 0 Å². The molecule has 55 heavy (non-hydrogen) atoms. The molecule has 0 spiro atoms. The van der Waals surface area contributed by atoms with Crippen molar-refractivity contribution in [2.24, 2.45) is 0 Å². The fourth-order valence-electron chi connectivity index (χ4n) is 9.60. The number of aromatic nitrogens is 4. The van der Waals surface area contributed by atoms with Crippen molar-refractivity contribution in [3.63, 3.8) is 0 Å². The molecule has 12 nitrogen and oxygen atoms in total. The number of nitrogens with zero attached hydrogens (tertiary/aromatic N) is 9. The number of fused-ring (bicyclic) bond motifs is 2. The van der Waals surface area contributed by atoms with Crippen LogP contribution in [0.1, 0.15) is 104 Å². The first kappa shape index (κ1) is 38.9. The van der Waals surface area contributed by atoms with Gasteiger partial charge in [0.25, 0.3) is 12.0 Å². The zero-order chi connectivity index (χ0) is 37.6. The number of anilines is 3. The topological polar surface area (TPSA) is 106 Å². The van der Waals surface area contributed by atoms with Crippen molar-refractivity contribution in [2.75, 3.05) is 80.1 Å². The molecular formula is C42H63BrN10O2. The van der Waals surface area contributed by atoms with E-state index in [1.165, 1.54) is 128 Å². The molecule has 6 saturated heterocycles. The van der Waals surface area contributed by atoms with Gasteiger partial charge in [0.05, 0.1) is 11.9 Å². The lowest BCUT2D eigenvalue weighted by Crippen LogP contribution is -2.46. The monoisotopic (exact) mass is 818 g/mol. The third-order valence-electron chi connectivity index (χ3n) is 12.9. The van der Waals surface area contributed by atoms with Gasteiger partial charge in [0.15, 0.2) is 11.2 Å². The molecule has 0 bridgehead atoms. The normalized spacial score (nSPS) is 25.0. The lowest BCUT2D eigenvalue weighted by atomic mass is 10.0. The van der Waals surface area contributed by atoms with E-state index in [0.717, 1.165) is 84.2 Å². The number of halogens is 1. The van der Waals surface area contributed by atoms with Crippen molar-refractivity contribution in [1.82, 2.24) is 35.1 Å². The van der Waals surface area contributed by atoms with Crippen molar-refractivity contribution in [1.29, 1.82) is 0 Å². The first-order valence-corrected chi connectivity index (χ1v) is 22.4. The zero-order valence-corrected chi connectivity index (χ0v) is 34.9. The summed E-state index contributed by atoms with van der Waals surface area (Å²) in [5.41, 5.74) is 4.16. The standard InChI is InChI=1S/C21H31N5O.C16H21BrN4O.C5H11N/c1-16-6-5-11-26(16)18-14-19-20(22-15-18)23-21(27-19)25-12-7-17(8-13-25)24-9-3-2-4-10-24;17-12-10-14-15(18-11-12)19-16(22-14)21-8-4-13(5-9-21)20-6-2-1-3-7-20;1-5-3-2-4-6-5/h14-17H,2-13H2,1H3;10-11,13H,1-9H2;5-6H,2-4H2,1H3/t16-;;5-/m1.1/s1. The van der Waals surface area contributed by atoms with Crippen molar-refractivity contribution in [2.45, 2.75) is 128 Å². The highest BCUT2D eigenvalue weighted by Crippen LogP contribution is 2.31.